The van der Waals surface area contributed by atoms with Crippen LogP contribution in [0.1, 0.15) is 19.3 Å². The van der Waals surface area contributed by atoms with Crippen LogP contribution in [0.4, 0.5) is 28.7 Å². The van der Waals surface area contributed by atoms with E-state index in [4.69, 9.17) is 10.1 Å². The van der Waals surface area contributed by atoms with Gasteiger partial charge in [0.05, 0.1) is 0 Å². The van der Waals surface area contributed by atoms with Crippen molar-refractivity contribution in [1.82, 2.24) is 15.0 Å². The Labute approximate surface area is 191 Å². The first-order valence-corrected chi connectivity index (χ1v) is 11.1. The molecule has 1 amide bonds. The molecule has 8 heteroatoms. The molecule has 0 unspecified atom stereocenters. The number of likely N-dealkylation sites (N-methyl/N-ethyl adjacent to an activating group) is 1. The molecule has 1 aliphatic rings. The number of H-pyrrole nitrogens is 1. The minimum absolute atomic E-state index is 0.366. The van der Waals surface area contributed by atoms with Crippen molar-refractivity contribution in [3.63, 3.8) is 0 Å². The number of carbonyl (C=O) groups excluding carboxylic acids is 1. The number of aromatic nitrogens is 3. The summed E-state index contributed by atoms with van der Waals surface area (Å²) in [4.78, 5) is 27.7. The number of nitrogens with one attached hydrogen (secondary N) is 2. The molecule has 0 spiro atoms. The maximum Gasteiger partial charge on any atom is 0.252 e. The van der Waals surface area contributed by atoms with Crippen molar-refractivity contribution in [3.05, 3.63) is 67.0 Å². The van der Waals surface area contributed by atoms with Crippen molar-refractivity contribution in [3.8, 4) is 0 Å². The lowest BCUT2D eigenvalue weighted by atomic mass is 9.93. The highest BCUT2D eigenvalue weighted by Crippen LogP contribution is 2.35. The van der Waals surface area contributed by atoms with Crippen molar-refractivity contribution < 1.29 is 9.90 Å². The fraction of sp³-hybridized carbons (Fsp3) is 0.240. The van der Waals surface area contributed by atoms with E-state index >= 15 is 0 Å². The number of benzene rings is 2. The Morgan fingerprint density at radius 2 is 1.73 bits per heavy atom. The number of amides is 1. The molecule has 0 atom stereocenters. The predicted octanol–water partition coefficient (Wildman–Crippen LogP) is 4.35. The molecule has 168 valence electrons. The summed E-state index contributed by atoms with van der Waals surface area (Å²) in [5, 5.41) is 13.7. The van der Waals surface area contributed by atoms with Crippen LogP contribution < -0.4 is 15.1 Å². The molecule has 4 aromatic rings. The standard InChI is InChI=1S/C25H26N6O2/c1-30(23(33)16-32)20-9-11-22(12-10-20)31(25-27-15-17-13-14-26-24(17)29-25)21-7-5-19(6-8-21)28-18-3-2-4-18/h5-15,18,28,32H,2-4,16H2,1H3,(H,26,27,29). The number of aliphatic hydroxyl groups is 1. The van der Waals surface area contributed by atoms with Gasteiger partial charge in [-0.25, -0.2) is 4.98 Å². The van der Waals surface area contributed by atoms with E-state index in [0.29, 0.717) is 17.7 Å². The number of aromatic amines is 1. The normalized spacial score (nSPS) is 13.5. The van der Waals surface area contributed by atoms with Crippen LogP contribution in [0.5, 0.6) is 0 Å². The molecule has 1 saturated carbocycles. The van der Waals surface area contributed by atoms with Gasteiger partial charge in [-0.2, -0.15) is 4.98 Å². The number of nitrogens with zero attached hydrogens (tertiary/aromatic N) is 4. The lowest BCUT2D eigenvalue weighted by Crippen LogP contribution is -2.28. The molecule has 0 bridgehead atoms. The summed E-state index contributed by atoms with van der Waals surface area (Å²) in [5.74, 6) is 0.173. The fourth-order valence-corrected chi connectivity index (χ4v) is 3.89. The number of anilines is 5. The highest BCUT2D eigenvalue weighted by molar-refractivity contribution is 5.94. The number of rotatable bonds is 7. The number of carbonyl (C=O) groups is 1. The monoisotopic (exact) mass is 442 g/mol. The van der Waals surface area contributed by atoms with Gasteiger partial charge >= 0.3 is 0 Å². The maximum absolute atomic E-state index is 11.8. The summed E-state index contributed by atoms with van der Waals surface area (Å²) < 4.78 is 0. The Hall–Kier alpha value is -3.91. The van der Waals surface area contributed by atoms with Crippen LogP contribution in [-0.2, 0) is 4.79 Å². The minimum atomic E-state index is -0.532. The lowest BCUT2D eigenvalue weighted by molar-refractivity contribution is -0.120. The third-order valence-corrected chi connectivity index (χ3v) is 6.09. The van der Waals surface area contributed by atoms with Crippen molar-refractivity contribution in [1.29, 1.82) is 0 Å². The molecule has 2 aromatic heterocycles. The van der Waals surface area contributed by atoms with Gasteiger partial charge in [-0.05, 0) is 73.9 Å². The van der Waals surface area contributed by atoms with E-state index in [1.54, 1.807) is 13.2 Å². The van der Waals surface area contributed by atoms with E-state index in [9.17, 15) is 4.79 Å². The van der Waals surface area contributed by atoms with Crippen molar-refractivity contribution in [2.45, 2.75) is 25.3 Å². The summed E-state index contributed by atoms with van der Waals surface area (Å²) in [7, 11) is 1.64. The first-order chi connectivity index (χ1) is 16.1. The van der Waals surface area contributed by atoms with Gasteiger partial charge in [0.15, 0.2) is 0 Å². The molecule has 0 aliphatic heterocycles. The van der Waals surface area contributed by atoms with E-state index in [-0.39, 0.29) is 5.91 Å². The second-order valence-electron chi connectivity index (χ2n) is 8.23. The van der Waals surface area contributed by atoms with Crippen LogP contribution in [-0.4, -0.2) is 45.7 Å². The quantitative estimate of drug-likeness (QED) is 0.394. The first-order valence-electron chi connectivity index (χ1n) is 11.1. The maximum atomic E-state index is 11.8. The molecule has 0 saturated heterocycles. The van der Waals surface area contributed by atoms with Gasteiger partial charge < -0.3 is 20.3 Å². The molecule has 8 nitrogen and oxygen atoms in total. The van der Waals surface area contributed by atoms with Gasteiger partial charge in [0.25, 0.3) is 5.91 Å². The number of hydrogen-bond donors (Lipinski definition) is 3. The Morgan fingerprint density at radius 1 is 1.06 bits per heavy atom. The molecule has 5 rings (SSSR count). The van der Waals surface area contributed by atoms with Gasteiger partial charge in [-0.3, -0.25) is 9.69 Å². The molecule has 0 radical (unpaired) electrons. The molecule has 2 aromatic carbocycles. The van der Waals surface area contributed by atoms with Crippen LogP contribution in [0.25, 0.3) is 11.0 Å². The zero-order valence-electron chi connectivity index (χ0n) is 18.4. The molecule has 1 fully saturated rings. The van der Waals surface area contributed by atoms with Crippen LogP contribution >= 0.6 is 0 Å². The molecular formula is C25H26N6O2. The molecule has 3 N–H and O–H groups in total. The number of fused-ring (bicyclic) bond motifs is 1. The van der Waals surface area contributed by atoms with E-state index in [0.717, 1.165) is 28.1 Å². The van der Waals surface area contributed by atoms with Crippen LogP contribution in [0.3, 0.4) is 0 Å². The van der Waals surface area contributed by atoms with Gasteiger partial charge in [0.2, 0.25) is 5.95 Å². The average Bonchev–Trinajstić information content (AvgIpc) is 3.30. The minimum Gasteiger partial charge on any atom is -0.387 e. The van der Waals surface area contributed by atoms with Gasteiger partial charge in [0, 0.05) is 53.6 Å². The van der Waals surface area contributed by atoms with Crippen molar-refractivity contribution in [2.24, 2.45) is 0 Å². The average molecular weight is 443 g/mol. The predicted molar refractivity (Wildman–Crippen MR) is 130 cm³/mol. The topological polar surface area (TPSA) is 97.4 Å². The van der Waals surface area contributed by atoms with Crippen LogP contribution in [0.2, 0.25) is 0 Å². The van der Waals surface area contributed by atoms with Crippen LogP contribution in [0, 0.1) is 0 Å². The third-order valence-electron chi connectivity index (χ3n) is 6.09. The first kappa shape index (κ1) is 21.0. The Morgan fingerprint density at radius 3 is 2.36 bits per heavy atom. The van der Waals surface area contributed by atoms with E-state index in [1.165, 1.54) is 24.2 Å². The highest BCUT2D eigenvalue weighted by Gasteiger charge is 2.19. The van der Waals surface area contributed by atoms with Gasteiger partial charge in [-0.1, -0.05) is 0 Å². The largest absolute Gasteiger partial charge is 0.387 e. The van der Waals surface area contributed by atoms with E-state index in [1.807, 2.05) is 41.4 Å². The second kappa shape index (κ2) is 8.91. The van der Waals surface area contributed by atoms with Gasteiger partial charge in [0.1, 0.15) is 12.3 Å². The lowest BCUT2D eigenvalue weighted by Gasteiger charge is -2.28. The summed E-state index contributed by atoms with van der Waals surface area (Å²) in [6.45, 7) is -0.532. The SMILES string of the molecule is CN(C(=O)CO)c1ccc(N(c2ccc(NC3CCC3)cc2)c2ncc3cc[nH]c3n2)cc1. The highest BCUT2D eigenvalue weighted by atomic mass is 16.3. The second-order valence-corrected chi connectivity index (χ2v) is 8.23. The van der Waals surface area contributed by atoms with Gasteiger partial charge in [-0.15, -0.1) is 0 Å². The zero-order valence-corrected chi connectivity index (χ0v) is 18.4. The van der Waals surface area contributed by atoms with E-state index < -0.39 is 6.61 Å². The van der Waals surface area contributed by atoms with Crippen LogP contribution in [0.15, 0.2) is 67.0 Å². The molecular weight excluding hydrogens is 416 g/mol. The van der Waals surface area contributed by atoms with Crippen molar-refractivity contribution >= 4 is 45.6 Å². The summed E-state index contributed by atoms with van der Waals surface area (Å²) >= 11 is 0. The molecule has 1 aliphatic carbocycles. The van der Waals surface area contributed by atoms with E-state index in [2.05, 4.69) is 39.6 Å². The van der Waals surface area contributed by atoms with Crippen molar-refractivity contribution in [2.75, 3.05) is 28.8 Å². The number of aliphatic hydroxyl groups excluding tert-OH is 1. The Balaban J connectivity index is 1.50. The summed E-state index contributed by atoms with van der Waals surface area (Å²) in [6.07, 6.45) is 7.37. The number of hydrogen-bond acceptors (Lipinski definition) is 6. The smallest absolute Gasteiger partial charge is 0.252 e. The Kier molecular flexibility index (Phi) is 5.66. The Bertz CT molecular complexity index is 1250. The third kappa shape index (κ3) is 4.25. The zero-order chi connectivity index (χ0) is 22.8. The molecule has 33 heavy (non-hydrogen) atoms. The fourth-order valence-electron chi connectivity index (χ4n) is 3.89. The molecule has 2 heterocycles. The summed E-state index contributed by atoms with van der Waals surface area (Å²) in [6, 6.07) is 18.3. The summed E-state index contributed by atoms with van der Waals surface area (Å²) in [5.41, 5.74) is 4.34.